The molecule has 2 nitrogen and oxygen atoms in total. The number of hydrogen-bond donors (Lipinski definition) is 0. The number of nitrogens with zero attached hydrogens (tertiary/aromatic N) is 1. The van der Waals surface area contributed by atoms with E-state index >= 15 is 0 Å². The zero-order chi connectivity index (χ0) is 16.3. The van der Waals surface area contributed by atoms with Crippen molar-refractivity contribution in [2.75, 3.05) is 0 Å². The minimum Gasteiger partial charge on any atom is -0.289 e. The van der Waals surface area contributed by atoms with Crippen LogP contribution in [0.1, 0.15) is 27.2 Å². The summed E-state index contributed by atoms with van der Waals surface area (Å²) in [7, 11) is 0. The van der Waals surface area contributed by atoms with Crippen LogP contribution in [0.5, 0.6) is 0 Å². The summed E-state index contributed by atoms with van der Waals surface area (Å²) < 4.78 is 50.2. The van der Waals surface area contributed by atoms with Crippen molar-refractivity contribution in [2.24, 2.45) is 0 Å². The Kier molecular flexibility index (Phi) is 4.40. The monoisotopic (exact) mass is 309 g/mol. The van der Waals surface area contributed by atoms with Crippen LogP contribution in [0.25, 0.3) is 6.08 Å². The molecule has 0 radical (unpaired) electrons. The molecule has 0 amide bonds. The molecule has 0 aliphatic rings. The Morgan fingerprint density at radius 1 is 1.18 bits per heavy atom. The standard InChI is InChI=1S/C16H11F4NO/c1-10-8-11(2-5-13(10)17)3-6-14(22)12-4-7-15(21-9-12)16(18,19)20/h2-9H,1H3. The van der Waals surface area contributed by atoms with E-state index in [1.165, 1.54) is 24.3 Å². The third kappa shape index (κ3) is 3.78. The molecule has 0 atom stereocenters. The first-order valence-corrected chi connectivity index (χ1v) is 6.29. The van der Waals surface area contributed by atoms with Crippen LogP contribution in [0.2, 0.25) is 0 Å². The zero-order valence-electron chi connectivity index (χ0n) is 11.5. The topological polar surface area (TPSA) is 30.0 Å². The number of aryl methyl sites for hydroxylation is 1. The first-order valence-electron chi connectivity index (χ1n) is 6.29. The Morgan fingerprint density at radius 3 is 2.45 bits per heavy atom. The molecule has 2 aromatic rings. The predicted molar refractivity (Wildman–Crippen MR) is 73.7 cm³/mol. The smallest absolute Gasteiger partial charge is 0.289 e. The van der Waals surface area contributed by atoms with E-state index in [1.54, 1.807) is 13.0 Å². The van der Waals surface area contributed by atoms with Gasteiger partial charge in [-0.05, 0) is 48.4 Å². The van der Waals surface area contributed by atoms with Crippen molar-refractivity contribution < 1.29 is 22.4 Å². The summed E-state index contributed by atoms with van der Waals surface area (Å²) in [5, 5.41) is 0. The number of carbonyl (C=O) groups is 1. The normalized spacial score (nSPS) is 11.9. The van der Waals surface area contributed by atoms with Gasteiger partial charge in [0.15, 0.2) is 5.78 Å². The lowest BCUT2D eigenvalue weighted by Gasteiger charge is -2.05. The van der Waals surface area contributed by atoms with Crippen LogP contribution >= 0.6 is 0 Å². The van der Waals surface area contributed by atoms with E-state index in [-0.39, 0.29) is 11.4 Å². The molecule has 0 fully saturated rings. The molecular weight excluding hydrogens is 298 g/mol. The molecule has 0 aliphatic carbocycles. The molecule has 0 saturated heterocycles. The molecule has 1 heterocycles. The van der Waals surface area contributed by atoms with Crippen molar-refractivity contribution in [1.29, 1.82) is 0 Å². The molecular formula is C16H11F4NO. The second-order valence-corrected chi connectivity index (χ2v) is 4.64. The average Bonchev–Trinajstić information content (AvgIpc) is 2.47. The highest BCUT2D eigenvalue weighted by Crippen LogP contribution is 2.27. The quantitative estimate of drug-likeness (QED) is 0.476. The molecule has 0 bridgehead atoms. The highest BCUT2D eigenvalue weighted by molar-refractivity contribution is 6.06. The summed E-state index contributed by atoms with van der Waals surface area (Å²) in [6, 6.07) is 6.15. The van der Waals surface area contributed by atoms with Gasteiger partial charge in [0.05, 0.1) is 0 Å². The van der Waals surface area contributed by atoms with Gasteiger partial charge >= 0.3 is 6.18 Å². The molecule has 0 N–H and O–H groups in total. The van der Waals surface area contributed by atoms with Gasteiger partial charge in [-0.2, -0.15) is 13.2 Å². The zero-order valence-corrected chi connectivity index (χ0v) is 11.5. The Balaban J connectivity index is 2.14. The minimum atomic E-state index is -4.54. The average molecular weight is 309 g/mol. The number of alkyl halides is 3. The summed E-state index contributed by atoms with van der Waals surface area (Å²) in [6.45, 7) is 1.59. The highest BCUT2D eigenvalue weighted by atomic mass is 19.4. The van der Waals surface area contributed by atoms with Gasteiger partial charge in [-0.3, -0.25) is 9.78 Å². The second kappa shape index (κ2) is 6.09. The van der Waals surface area contributed by atoms with Gasteiger partial charge in [-0.1, -0.05) is 12.1 Å². The van der Waals surface area contributed by atoms with Gasteiger partial charge in [-0.15, -0.1) is 0 Å². The Bertz CT molecular complexity index is 718. The summed E-state index contributed by atoms with van der Waals surface area (Å²) in [4.78, 5) is 15.1. The molecule has 2 rings (SSSR count). The highest BCUT2D eigenvalue weighted by Gasteiger charge is 2.32. The fourth-order valence-electron chi connectivity index (χ4n) is 1.75. The number of pyridine rings is 1. The molecule has 1 aromatic carbocycles. The number of rotatable bonds is 3. The first-order chi connectivity index (χ1) is 10.3. The molecule has 0 spiro atoms. The Hall–Kier alpha value is -2.50. The first kappa shape index (κ1) is 15.9. The summed E-state index contributed by atoms with van der Waals surface area (Å²) in [6.07, 6.45) is -0.988. The van der Waals surface area contributed by atoms with Gasteiger partial charge in [0.1, 0.15) is 11.5 Å². The van der Waals surface area contributed by atoms with Crippen molar-refractivity contribution in [1.82, 2.24) is 4.98 Å². The van der Waals surface area contributed by atoms with Gasteiger partial charge in [0.25, 0.3) is 0 Å². The van der Waals surface area contributed by atoms with Crippen LogP contribution in [-0.4, -0.2) is 10.8 Å². The van der Waals surface area contributed by atoms with Crippen molar-refractivity contribution in [2.45, 2.75) is 13.1 Å². The predicted octanol–water partition coefficient (Wildman–Crippen LogP) is 4.44. The summed E-state index contributed by atoms with van der Waals surface area (Å²) in [5.74, 6) is -0.835. The third-order valence-electron chi connectivity index (χ3n) is 2.95. The van der Waals surface area contributed by atoms with Crippen LogP contribution < -0.4 is 0 Å². The van der Waals surface area contributed by atoms with Crippen molar-refractivity contribution >= 4 is 11.9 Å². The lowest BCUT2D eigenvalue weighted by molar-refractivity contribution is -0.141. The van der Waals surface area contributed by atoms with E-state index in [9.17, 15) is 22.4 Å². The fraction of sp³-hybridized carbons (Fsp3) is 0.125. The van der Waals surface area contributed by atoms with E-state index in [0.717, 1.165) is 18.3 Å². The SMILES string of the molecule is Cc1cc(C=CC(=O)c2ccc(C(F)(F)F)nc2)ccc1F. The van der Waals surface area contributed by atoms with Gasteiger partial charge < -0.3 is 0 Å². The van der Waals surface area contributed by atoms with Gasteiger partial charge in [0, 0.05) is 11.8 Å². The summed E-state index contributed by atoms with van der Waals surface area (Å²) in [5.41, 5.74) is 0.0446. The van der Waals surface area contributed by atoms with Crippen LogP contribution in [0.3, 0.4) is 0 Å². The largest absolute Gasteiger partial charge is 0.433 e. The van der Waals surface area contributed by atoms with Crippen molar-refractivity contribution in [3.8, 4) is 0 Å². The van der Waals surface area contributed by atoms with E-state index in [4.69, 9.17) is 0 Å². The molecule has 0 saturated carbocycles. The van der Waals surface area contributed by atoms with E-state index in [1.807, 2.05) is 0 Å². The maximum Gasteiger partial charge on any atom is 0.433 e. The number of ketones is 1. The number of hydrogen-bond acceptors (Lipinski definition) is 2. The Morgan fingerprint density at radius 2 is 1.91 bits per heavy atom. The van der Waals surface area contributed by atoms with Crippen LogP contribution in [0.15, 0.2) is 42.6 Å². The molecule has 6 heteroatoms. The van der Waals surface area contributed by atoms with Gasteiger partial charge in [-0.25, -0.2) is 4.39 Å². The number of carbonyl (C=O) groups excluding carboxylic acids is 1. The number of allylic oxidation sites excluding steroid dienone is 1. The molecule has 0 unspecified atom stereocenters. The summed E-state index contributed by atoms with van der Waals surface area (Å²) >= 11 is 0. The van der Waals surface area contributed by atoms with E-state index in [2.05, 4.69) is 4.98 Å². The van der Waals surface area contributed by atoms with Crippen LogP contribution in [-0.2, 0) is 6.18 Å². The second-order valence-electron chi connectivity index (χ2n) is 4.64. The number of benzene rings is 1. The van der Waals surface area contributed by atoms with Crippen molar-refractivity contribution in [3.05, 3.63) is 70.8 Å². The number of aromatic nitrogens is 1. The minimum absolute atomic E-state index is 0.0445. The molecule has 114 valence electrons. The molecule has 0 aliphatic heterocycles. The third-order valence-corrected chi connectivity index (χ3v) is 2.95. The lowest BCUT2D eigenvalue weighted by Crippen LogP contribution is -2.08. The van der Waals surface area contributed by atoms with Gasteiger partial charge in [0.2, 0.25) is 0 Å². The van der Waals surface area contributed by atoms with E-state index in [0.29, 0.717) is 11.1 Å². The lowest BCUT2D eigenvalue weighted by atomic mass is 10.1. The van der Waals surface area contributed by atoms with Crippen molar-refractivity contribution in [3.63, 3.8) is 0 Å². The molecule has 22 heavy (non-hydrogen) atoms. The van der Waals surface area contributed by atoms with Crippen LogP contribution in [0, 0.1) is 12.7 Å². The van der Waals surface area contributed by atoms with E-state index < -0.39 is 17.7 Å². The maximum absolute atomic E-state index is 13.1. The maximum atomic E-state index is 13.1. The van der Waals surface area contributed by atoms with Crippen LogP contribution in [0.4, 0.5) is 17.6 Å². The fourth-order valence-corrected chi connectivity index (χ4v) is 1.75. The molecule has 1 aromatic heterocycles. The Labute approximate surface area is 124 Å². The number of halogens is 4.